The molecule has 0 atom stereocenters. The van der Waals surface area contributed by atoms with Crippen LogP contribution in [0.2, 0.25) is 5.15 Å². The maximum Gasteiger partial charge on any atom is 0.341 e. The number of halogens is 1. The van der Waals surface area contributed by atoms with Crippen molar-refractivity contribution in [1.29, 1.82) is 0 Å². The van der Waals surface area contributed by atoms with E-state index in [0.717, 1.165) is 19.3 Å². The second-order valence-electron chi connectivity index (χ2n) is 5.27. The van der Waals surface area contributed by atoms with E-state index in [9.17, 15) is 9.59 Å². The fraction of sp³-hybridized carbons (Fsp3) is 0.278. The summed E-state index contributed by atoms with van der Waals surface area (Å²) in [6.45, 7) is 1.76. The summed E-state index contributed by atoms with van der Waals surface area (Å²) in [7, 11) is 0. The topological polar surface area (TPSA) is 68.3 Å². The van der Waals surface area contributed by atoms with Gasteiger partial charge in [-0.2, -0.15) is 0 Å². The number of nitrogens with one attached hydrogen (secondary N) is 1. The zero-order chi connectivity index (χ0) is 17.4. The normalized spacial score (nSPS) is 10.2. The minimum Gasteiger partial charge on any atom is -0.452 e. The summed E-state index contributed by atoms with van der Waals surface area (Å²) in [6.07, 6.45) is 4.77. The number of ether oxygens (including phenoxy) is 1. The van der Waals surface area contributed by atoms with Crippen LogP contribution in [0, 0.1) is 0 Å². The summed E-state index contributed by atoms with van der Waals surface area (Å²) in [6, 6.07) is 10.7. The molecule has 0 bridgehead atoms. The van der Waals surface area contributed by atoms with E-state index in [1.54, 1.807) is 6.07 Å². The average Bonchev–Trinajstić information content (AvgIpc) is 2.59. The summed E-state index contributed by atoms with van der Waals surface area (Å²) in [4.78, 5) is 27.5. The fourth-order valence-corrected chi connectivity index (χ4v) is 2.28. The van der Waals surface area contributed by atoms with Gasteiger partial charge in [-0.05, 0) is 42.7 Å². The van der Waals surface area contributed by atoms with Crippen LogP contribution in [0.3, 0.4) is 0 Å². The van der Waals surface area contributed by atoms with Crippen LogP contribution in [0.1, 0.15) is 35.7 Å². The number of pyridine rings is 1. The second kappa shape index (κ2) is 9.03. The molecule has 0 aliphatic rings. The van der Waals surface area contributed by atoms with Crippen molar-refractivity contribution >= 4 is 29.2 Å². The molecule has 1 aromatic heterocycles. The molecule has 1 amide bonds. The Morgan fingerprint density at radius 2 is 1.96 bits per heavy atom. The zero-order valence-electron chi connectivity index (χ0n) is 13.4. The summed E-state index contributed by atoms with van der Waals surface area (Å²) < 4.78 is 4.94. The number of carbonyl (C=O) groups excluding carboxylic acids is 2. The monoisotopic (exact) mass is 346 g/mol. The van der Waals surface area contributed by atoms with E-state index in [-0.39, 0.29) is 17.3 Å². The number of aromatic nitrogens is 1. The van der Waals surface area contributed by atoms with Crippen LogP contribution in [-0.4, -0.2) is 23.5 Å². The number of rotatable bonds is 7. The van der Waals surface area contributed by atoms with Gasteiger partial charge in [0.25, 0.3) is 5.91 Å². The SMILES string of the molecule is CCCCc1ccc(NC(=O)COC(=O)c2cccnc2Cl)cc1. The highest BCUT2D eigenvalue weighted by atomic mass is 35.5. The Balaban J connectivity index is 1.83. The molecule has 126 valence electrons. The molecule has 1 N–H and O–H groups in total. The van der Waals surface area contributed by atoms with Gasteiger partial charge in [0.05, 0.1) is 5.56 Å². The van der Waals surface area contributed by atoms with E-state index >= 15 is 0 Å². The van der Waals surface area contributed by atoms with Crippen LogP contribution in [0.4, 0.5) is 5.69 Å². The molecule has 0 saturated heterocycles. The molecule has 1 heterocycles. The van der Waals surface area contributed by atoms with E-state index in [0.29, 0.717) is 5.69 Å². The molecule has 0 saturated carbocycles. The predicted molar refractivity (Wildman–Crippen MR) is 93.2 cm³/mol. The van der Waals surface area contributed by atoms with Crippen molar-refractivity contribution in [3.63, 3.8) is 0 Å². The predicted octanol–water partition coefficient (Wildman–Crippen LogP) is 3.87. The minimum atomic E-state index is -0.682. The third kappa shape index (κ3) is 5.35. The lowest BCUT2D eigenvalue weighted by atomic mass is 10.1. The van der Waals surface area contributed by atoms with Crippen LogP contribution in [0.25, 0.3) is 0 Å². The molecular formula is C18H19ClN2O3. The molecule has 0 radical (unpaired) electrons. The summed E-state index contributed by atoms with van der Waals surface area (Å²) in [5.41, 5.74) is 2.02. The van der Waals surface area contributed by atoms with Crippen LogP contribution in [-0.2, 0) is 16.0 Å². The van der Waals surface area contributed by atoms with Crippen LogP contribution in [0.15, 0.2) is 42.6 Å². The van der Waals surface area contributed by atoms with Crippen LogP contribution in [0.5, 0.6) is 0 Å². The third-order valence-electron chi connectivity index (χ3n) is 3.37. The first kappa shape index (κ1) is 17.9. The van der Waals surface area contributed by atoms with Crippen LogP contribution < -0.4 is 5.32 Å². The van der Waals surface area contributed by atoms with Gasteiger partial charge < -0.3 is 10.1 Å². The minimum absolute atomic E-state index is 0.0468. The molecule has 1 aromatic carbocycles. The molecular weight excluding hydrogens is 328 g/mol. The number of anilines is 1. The Kier molecular flexibility index (Phi) is 6.75. The molecule has 0 fully saturated rings. The third-order valence-corrected chi connectivity index (χ3v) is 3.67. The molecule has 2 aromatic rings. The van der Waals surface area contributed by atoms with Gasteiger partial charge in [-0.15, -0.1) is 0 Å². The van der Waals surface area contributed by atoms with E-state index in [4.69, 9.17) is 16.3 Å². The number of esters is 1. The van der Waals surface area contributed by atoms with Gasteiger partial charge in [-0.3, -0.25) is 4.79 Å². The largest absolute Gasteiger partial charge is 0.452 e. The highest BCUT2D eigenvalue weighted by Gasteiger charge is 2.14. The molecule has 0 spiro atoms. The van der Waals surface area contributed by atoms with Crippen molar-refractivity contribution in [3.8, 4) is 0 Å². The Bertz CT molecular complexity index is 702. The molecule has 5 nitrogen and oxygen atoms in total. The second-order valence-corrected chi connectivity index (χ2v) is 5.62. The van der Waals surface area contributed by atoms with Crippen molar-refractivity contribution in [2.75, 3.05) is 11.9 Å². The summed E-state index contributed by atoms with van der Waals surface area (Å²) >= 11 is 5.80. The van der Waals surface area contributed by atoms with E-state index in [2.05, 4.69) is 17.2 Å². The lowest BCUT2D eigenvalue weighted by Crippen LogP contribution is -2.21. The number of hydrogen-bond acceptors (Lipinski definition) is 4. The van der Waals surface area contributed by atoms with Crippen molar-refractivity contribution in [2.24, 2.45) is 0 Å². The molecule has 0 aliphatic carbocycles. The number of nitrogens with zero attached hydrogens (tertiary/aromatic N) is 1. The number of amides is 1. The highest BCUT2D eigenvalue weighted by molar-refractivity contribution is 6.32. The Hall–Kier alpha value is -2.40. The molecule has 0 unspecified atom stereocenters. The van der Waals surface area contributed by atoms with Gasteiger partial charge in [0, 0.05) is 11.9 Å². The highest BCUT2D eigenvalue weighted by Crippen LogP contribution is 2.14. The van der Waals surface area contributed by atoms with Crippen molar-refractivity contribution in [3.05, 3.63) is 58.9 Å². The first-order chi connectivity index (χ1) is 11.6. The van der Waals surface area contributed by atoms with Gasteiger partial charge in [0.2, 0.25) is 0 Å². The lowest BCUT2D eigenvalue weighted by molar-refractivity contribution is -0.119. The van der Waals surface area contributed by atoms with Gasteiger partial charge in [-0.1, -0.05) is 37.1 Å². The quantitative estimate of drug-likeness (QED) is 0.610. The fourth-order valence-electron chi connectivity index (χ4n) is 2.08. The average molecular weight is 347 g/mol. The van der Waals surface area contributed by atoms with Crippen molar-refractivity contribution in [1.82, 2.24) is 4.98 Å². The summed E-state index contributed by atoms with van der Waals surface area (Å²) in [5, 5.41) is 2.73. The molecule has 6 heteroatoms. The number of benzene rings is 1. The van der Waals surface area contributed by atoms with Gasteiger partial charge in [0.1, 0.15) is 5.15 Å². The van der Waals surface area contributed by atoms with E-state index in [1.807, 2.05) is 24.3 Å². The van der Waals surface area contributed by atoms with Gasteiger partial charge >= 0.3 is 5.97 Å². The first-order valence-electron chi connectivity index (χ1n) is 7.76. The smallest absolute Gasteiger partial charge is 0.341 e. The van der Waals surface area contributed by atoms with E-state index < -0.39 is 11.9 Å². The first-order valence-corrected chi connectivity index (χ1v) is 8.14. The van der Waals surface area contributed by atoms with Crippen LogP contribution >= 0.6 is 11.6 Å². The Labute approximate surface area is 146 Å². The Morgan fingerprint density at radius 1 is 1.21 bits per heavy atom. The Morgan fingerprint density at radius 3 is 2.62 bits per heavy atom. The maximum absolute atomic E-state index is 11.9. The summed E-state index contributed by atoms with van der Waals surface area (Å²) in [5.74, 6) is -1.09. The number of hydrogen-bond donors (Lipinski definition) is 1. The maximum atomic E-state index is 11.9. The lowest BCUT2D eigenvalue weighted by Gasteiger charge is -2.08. The molecule has 0 aliphatic heterocycles. The number of aryl methyl sites for hydroxylation is 1. The van der Waals surface area contributed by atoms with Crippen molar-refractivity contribution in [2.45, 2.75) is 26.2 Å². The number of carbonyl (C=O) groups is 2. The standard InChI is InChI=1S/C18H19ClN2O3/c1-2-3-5-13-7-9-14(10-8-13)21-16(22)12-24-18(23)15-6-4-11-20-17(15)19/h4,6-11H,2-3,5,12H2,1H3,(H,21,22). The molecule has 24 heavy (non-hydrogen) atoms. The van der Waals surface area contributed by atoms with E-state index in [1.165, 1.54) is 17.8 Å². The number of unbranched alkanes of at least 4 members (excludes halogenated alkanes) is 1. The van der Waals surface area contributed by atoms with Gasteiger partial charge in [0.15, 0.2) is 6.61 Å². The zero-order valence-corrected chi connectivity index (χ0v) is 14.2. The molecule has 2 rings (SSSR count). The van der Waals surface area contributed by atoms with Crippen molar-refractivity contribution < 1.29 is 14.3 Å². The van der Waals surface area contributed by atoms with Gasteiger partial charge in [-0.25, -0.2) is 9.78 Å².